The molecule has 7 nitrogen and oxygen atoms in total. The Balaban J connectivity index is 1.39. The minimum Gasteiger partial charge on any atom is -0.359 e. The van der Waals surface area contributed by atoms with Crippen molar-refractivity contribution in [1.29, 1.82) is 0 Å². The first-order valence-corrected chi connectivity index (χ1v) is 10.3. The molecule has 0 N–H and O–H groups in total. The van der Waals surface area contributed by atoms with Gasteiger partial charge in [-0.3, -0.25) is 19.3 Å². The molecule has 3 aliphatic rings. The molecule has 150 valence electrons. The molecule has 5 rings (SSSR count). The van der Waals surface area contributed by atoms with Gasteiger partial charge in [0.05, 0.1) is 23.4 Å². The molecule has 1 aromatic heterocycles. The molecule has 0 bridgehead atoms. The number of hydrogen-bond donors (Lipinski definition) is 0. The highest BCUT2D eigenvalue weighted by Gasteiger charge is 2.40. The van der Waals surface area contributed by atoms with E-state index in [0.29, 0.717) is 36.2 Å². The number of carbonyl (C=O) groups excluding carboxylic acids is 3. The van der Waals surface area contributed by atoms with E-state index in [2.05, 4.69) is 5.16 Å². The molecule has 0 saturated heterocycles. The maximum Gasteiger partial charge on any atom is 0.261 e. The van der Waals surface area contributed by atoms with Crippen LogP contribution in [0.2, 0.25) is 0 Å². The van der Waals surface area contributed by atoms with Crippen LogP contribution in [0.5, 0.6) is 0 Å². The van der Waals surface area contributed by atoms with E-state index in [4.69, 9.17) is 4.52 Å². The number of fused-ring (bicyclic) bond motifs is 2. The van der Waals surface area contributed by atoms with Crippen molar-refractivity contribution in [2.75, 3.05) is 6.54 Å². The van der Waals surface area contributed by atoms with Crippen LogP contribution in [0.1, 0.15) is 80.2 Å². The molecule has 2 aliphatic heterocycles. The van der Waals surface area contributed by atoms with Gasteiger partial charge in [0.2, 0.25) is 0 Å². The minimum absolute atomic E-state index is 0.0227. The maximum atomic E-state index is 13.0. The van der Waals surface area contributed by atoms with Crippen LogP contribution in [-0.2, 0) is 13.0 Å². The van der Waals surface area contributed by atoms with Gasteiger partial charge in [0, 0.05) is 23.7 Å². The van der Waals surface area contributed by atoms with E-state index in [-0.39, 0.29) is 23.8 Å². The Morgan fingerprint density at radius 3 is 2.66 bits per heavy atom. The van der Waals surface area contributed by atoms with Crippen molar-refractivity contribution in [3.63, 3.8) is 0 Å². The first kappa shape index (κ1) is 18.1. The zero-order chi connectivity index (χ0) is 20.1. The maximum absolute atomic E-state index is 13.0. The van der Waals surface area contributed by atoms with E-state index in [1.165, 1.54) is 4.90 Å². The minimum atomic E-state index is -0.265. The van der Waals surface area contributed by atoms with E-state index >= 15 is 0 Å². The molecule has 0 radical (unpaired) electrons. The molecule has 0 atom stereocenters. The van der Waals surface area contributed by atoms with Crippen molar-refractivity contribution in [2.24, 2.45) is 0 Å². The van der Waals surface area contributed by atoms with Crippen molar-refractivity contribution in [1.82, 2.24) is 15.0 Å². The summed E-state index contributed by atoms with van der Waals surface area (Å²) in [5.74, 6) is 0.0656. The van der Waals surface area contributed by atoms with Gasteiger partial charge in [-0.2, -0.15) is 0 Å². The van der Waals surface area contributed by atoms with Crippen LogP contribution in [0.4, 0.5) is 0 Å². The summed E-state index contributed by atoms with van der Waals surface area (Å²) < 4.78 is 5.34. The number of carbonyl (C=O) groups is 3. The second-order valence-corrected chi connectivity index (χ2v) is 8.18. The predicted octanol–water partition coefficient (Wildman–Crippen LogP) is 3.11. The monoisotopic (exact) mass is 393 g/mol. The van der Waals surface area contributed by atoms with Gasteiger partial charge >= 0.3 is 0 Å². The van der Waals surface area contributed by atoms with Gasteiger partial charge in [0.15, 0.2) is 5.76 Å². The van der Waals surface area contributed by atoms with Crippen LogP contribution >= 0.6 is 0 Å². The van der Waals surface area contributed by atoms with Crippen LogP contribution in [0.25, 0.3) is 0 Å². The molecule has 7 heteroatoms. The lowest BCUT2D eigenvalue weighted by Gasteiger charge is -2.29. The fraction of sp³-hybridized carbons (Fsp3) is 0.455. The summed E-state index contributed by atoms with van der Waals surface area (Å²) in [7, 11) is 0. The van der Waals surface area contributed by atoms with Gasteiger partial charge < -0.3 is 9.42 Å². The molecule has 1 aliphatic carbocycles. The summed E-state index contributed by atoms with van der Waals surface area (Å²) in [6.07, 6.45) is 5.67. The number of amides is 3. The van der Waals surface area contributed by atoms with Crippen LogP contribution in [0.3, 0.4) is 0 Å². The van der Waals surface area contributed by atoms with E-state index < -0.39 is 0 Å². The van der Waals surface area contributed by atoms with Crippen molar-refractivity contribution in [3.05, 3.63) is 51.9 Å². The molecule has 3 heterocycles. The molecule has 1 fully saturated rings. The molecular formula is C22H23N3O4. The number of rotatable bonds is 2. The van der Waals surface area contributed by atoms with Gasteiger partial charge in [-0.05, 0) is 44.4 Å². The van der Waals surface area contributed by atoms with E-state index in [9.17, 15) is 14.4 Å². The van der Waals surface area contributed by atoms with Gasteiger partial charge in [-0.25, -0.2) is 0 Å². The smallest absolute Gasteiger partial charge is 0.261 e. The summed E-state index contributed by atoms with van der Waals surface area (Å²) in [5.41, 5.74) is 3.13. The lowest BCUT2D eigenvalue weighted by molar-refractivity contribution is 0.0548. The average molecular weight is 393 g/mol. The third kappa shape index (κ3) is 2.87. The molecule has 2 aromatic rings. The third-order valence-corrected chi connectivity index (χ3v) is 6.42. The summed E-state index contributed by atoms with van der Waals surface area (Å²) >= 11 is 0. The number of imide groups is 1. The zero-order valence-electron chi connectivity index (χ0n) is 16.4. The zero-order valence-corrected chi connectivity index (χ0v) is 16.4. The Kier molecular flexibility index (Phi) is 4.26. The SMILES string of the molecule is Cc1noc2c1CCN(C(=O)c1ccc3c(c1)C(=O)N(C1CCCCC1)C3=O)C2. The Morgan fingerprint density at radius 1 is 1.10 bits per heavy atom. The van der Waals surface area contributed by atoms with E-state index in [1.54, 1.807) is 23.1 Å². The van der Waals surface area contributed by atoms with Crippen LogP contribution in [-0.4, -0.2) is 45.3 Å². The topological polar surface area (TPSA) is 83.7 Å². The number of benzene rings is 1. The normalized spacial score (nSPS) is 19.5. The number of aryl methyl sites for hydroxylation is 1. The molecule has 3 amide bonds. The Bertz CT molecular complexity index is 1020. The summed E-state index contributed by atoms with van der Waals surface area (Å²) in [6, 6.07) is 4.84. The van der Waals surface area contributed by atoms with Crippen LogP contribution < -0.4 is 0 Å². The van der Waals surface area contributed by atoms with Gasteiger partial charge in [-0.1, -0.05) is 24.4 Å². The molecule has 0 spiro atoms. The van der Waals surface area contributed by atoms with Crippen LogP contribution in [0.15, 0.2) is 22.7 Å². The molecule has 1 aromatic carbocycles. The fourth-order valence-electron chi connectivity index (χ4n) is 4.80. The first-order chi connectivity index (χ1) is 14.0. The largest absolute Gasteiger partial charge is 0.359 e. The Morgan fingerprint density at radius 2 is 1.86 bits per heavy atom. The quantitative estimate of drug-likeness (QED) is 0.732. The van der Waals surface area contributed by atoms with Crippen molar-refractivity contribution in [2.45, 2.75) is 58.0 Å². The lowest BCUT2D eigenvalue weighted by atomic mass is 9.94. The van der Waals surface area contributed by atoms with Gasteiger partial charge in [-0.15, -0.1) is 0 Å². The Hall–Kier alpha value is -2.96. The predicted molar refractivity (Wildman–Crippen MR) is 103 cm³/mol. The van der Waals surface area contributed by atoms with Crippen LogP contribution in [0, 0.1) is 6.92 Å². The van der Waals surface area contributed by atoms with Crippen molar-refractivity contribution in [3.8, 4) is 0 Å². The highest BCUT2D eigenvalue weighted by molar-refractivity contribution is 6.22. The van der Waals surface area contributed by atoms with Gasteiger partial charge in [0.1, 0.15) is 0 Å². The lowest BCUT2D eigenvalue weighted by Crippen LogP contribution is -2.40. The number of hydrogen-bond acceptors (Lipinski definition) is 5. The summed E-state index contributed by atoms with van der Waals surface area (Å²) in [6.45, 7) is 2.85. The molecular weight excluding hydrogens is 370 g/mol. The number of aromatic nitrogens is 1. The molecule has 0 unspecified atom stereocenters. The highest BCUT2D eigenvalue weighted by atomic mass is 16.5. The van der Waals surface area contributed by atoms with Crippen molar-refractivity contribution < 1.29 is 18.9 Å². The standard InChI is InChI=1S/C22H23N3O4/c1-13-16-9-10-24(12-19(16)29-23-13)20(26)14-7-8-17-18(11-14)22(28)25(21(17)27)15-5-3-2-4-6-15/h7-8,11,15H,2-6,9-10,12H2,1H3. The van der Waals surface area contributed by atoms with Crippen molar-refractivity contribution >= 4 is 17.7 Å². The summed E-state index contributed by atoms with van der Waals surface area (Å²) in [4.78, 5) is 42.0. The second-order valence-electron chi connectivity index (χ2n) is 8.18. The van der Waals surface area contributed by atoms with E-state index in [1.807, 2.05) is 6.92 Å². The second kappa shape index (κ2) is 6.83. The molecule has 29 heavy (non-hydrogen) atoms. The fourth-order valence-corrected chi connectivity index (χ4v) is 4.80. The number of nitrogens with zero attached hydrogens (tertiary/aromatic N) is 3. The first-order valence-electron chi connectivity index (χ1n) is 10.3. The van der Waals surface area contributed by atoms with E-state index in [0.717, 1.165) is 49.1 Å². The average Bonchev–Trinajstić information content (AvgIpc) is 3.25. The Labute approximate surface area is 168 Å². The highest BCUT2D eigenvalue weighted by Crippen LogP contribution is 2.32. The summed E-state index contributed by atoms with van der Waals surface area (Å²) in [5, 5.41) is 3.98. The molecule has 1 saturated carbocycles. The van der Waals surface area contributed by atoms with Gasteiger partial charge in [0.25, 0.3) is 17.7 Å². The third-order valence-electron chi connectivity index (χ3n) is 6.42.